The van der Waals surface area contributed by atoms with Gasteiger partial charge in [0.2, 0.25) is 11.8 Å². The van der Waals surface area contributed by atoms with Gasteiger partial charge in [-0.05, 0) is 48.7 Å². The van der Waals surface area contributed by atoms with Crippen LogP contribution in [0.4, 0.5) is 11.4 Å². The lowest BCUT2D eigenvalue weighted by atomic mass is 9.79. The van der Waals surface area contributed by atoms with Gasteiger partial charge in [-0.2, -0.15) is 0 Å². The number of halogens is 2. The van der Waals surface area contributed by atoms with Crippen molar-refractivity contribution in [2.24, 2.45) is 11.8 Å². The van der Waals surface area contributed by atoms with E-state index < -0.39 is 11.5 Å². The van der Waals surface area contributed by atoms with Crippen LogP contribution in [-0.2, 0) is 15.1 Å². The van der Waals surface area contributed by atoms with E-state index in [2.05, 4.69) is 29.8 Å². The third kappa shape index (κ3) is 3.33. The number of benzene rings is 2. The zero-order valence-electron chi connectivity index (χ0n) is 16.9. The predicted octanol–water partition coefficient (Wildman–Crippen LogP) is 4.42. The van der Waals surface area contributed by atoms with E-state index >= 15 is 0 Å². The molecule has 1 spiro atoms. The summed E-state index contributed by atoms with van der Waals surface area (Å²) in [5, 5.41) is 10.3. The fourth-order valence-corrected chi connectivity index (χ4v) is 4.75. The monoisotopic (exact) mass is 447 g/mol. The first kappa shape index (κ1) is 21.0. The summed E-state index contributed by atoms with van der Waals surface area (Å²) in [6, 6.07) is 10.2. The second-order valence-corrected chi connectivity index (χ2v) is 8.94. The highest BCUT2D eigenvalue weighted by Crippen LogP contribution is 2.49. The molecule has 2 aromatic rings. The van der Waals surface area contributed by atoms with Crippen LogP contribution < -0.4 is 20.7 Å². The maximum Gasteiger partial charge on any atom is 0.250 e. The zero-order chi connectivity index (χ0) is 21.6. The highest BCUT2D eigenvalue weighted by Gasteiger charge is 2.60. The van der Waals surface area contributed by atoms with Crippen LogP contribution in [0.1, 0.15) is 25.8 Å². The maximum atomic E-state index is 13.5. The van der Waals surface area contributed by atoms with E-state index in [9.17, 15) is 9.59 Å². The molecule has 0 radical (unpaired) electrons. The lowest BCUT2D eigenvalue weighted by Crippen LogP contribution is -2.52. The first-order chi connectivity index (χ1) is 14.3. The van der Waals surface area contributed by atoms with Gasteiger partial charge in [-0.25, -0.2) is 0 Å². The Hall–Kier alpha value is -2.28. The third-order valence-corrected chi connectivity index (χ3v) is 6.45. The number of anilines is 2. The van der Waals surface area contributed by atoms with Crippen molar-refractivity contribution in [2.75, 3.05) is 17.7 Å². The van der Waals surface area contributed by atoms with E-state index in [1.807, 2.05) is 0 Å². The number of rotatable bonds is 4. The van der Waals surface area contributed by atoms with Crippen molar-refractivity contribution >= 4 is 46.4 Å². The van der Waals surface area contributed by atoms with Crippen LogP contribution in [0.3, 0.4) is 0 Å². The number of fused-ring (bicyclic) bond motifs is 2. The number of hydrogen-bond donors (Lipinski definition) is 3. The van der Waals surface area contributed by atoms with E-state index in [0.29, 0.717) is 39.2 Å². The van der Waals surface area contributed by atoms with Crippen molar-refractivity contribution < 1.29 is 14.3 Å². The molecule has 30 heavy (non-hydrogen) atoms. The summed E-state index contributed by atoms with van der Waals surface area (Å²) >= 11 is 12.4. The first-order valence-corrected chi connectivity index (χ1v) is 10.6. The molecule has 0 aliphatic carbocycles. The maximum absolute atomic E-state index is 13.5. The van der Waals surface area contributed by atoms with Crippen LogP contribution in [0, 0.1) is 11.8 Å². The Morgan fingerprint density at radius 3 is 2.60 bits per heavy atom. The molecule has 0 unspecified atom stereocenters. The van der Waals surface area contributed by atoms with Crippen LogP contribution in [0.15, 0.2) is 36.4 Å². The third-order valence-electron chi connectivity index (χ3n) is 5.98. The zero-order valence-corrected chi connectivity index (χ0v) is 18.4. The van der Waals surface area contributed by atoms with Crippen molar-refractivity contribution in [1.82, 2.24) is 5.32 Å². The predicted molar refractivity (Wildman–Crippen MR) is 118 cm³/mol. The SMILES string of the molecule is COc1ccc(Cl)cc1NC(=O)[C@@H]1C[C@@H](C(C)C)N[C@@]12C(=O)Nc1ccc(Cl)cc12. The van der Waals surface area contributed by atoms with Crippen LogP contribution in [-0.4, -0.2) is 25.0 Å². The molecular formula is C22H23Cl2N3O3. The van der Waals surface area contributed by atoms with E-state index in [1.165, 1.54) is 7.11 Å². The number of carbonyl (C=O) groups excluding carboxylic acids is 2. The normalized spacial score (nSPS) is 24.8. The average Bonchev–Trinajstić information content (AvgIpc) is 3.23. The van der Waals surface area contributed by atoms with E-state index in [-0.39, 0.29) is 23.8 Å². The minimum absolute atomic E-state index is 0.0160. The minimum atomic E-state index is -1.19. The molecule has 0 bridgehead atoms. The Bertz CT molecular complexity index is 1030. The smallest absolute Gasteiger partial charge is 0.250 e. The topological polar surface area (TPSA) is 79.5 Å². The lowest BCUT2D eigenvalue weighted by molar-refractivity contribution is -0.130. The second kappa shape index (κ2) is 7.76. The van der Waals surface area contributed by atoms with Gasteiger partial charge in [0.25, 0.3) is 0 Å². The summed E-state index contributed by atoms with van der Waals surface area (Å²) in [5.41, 5.74) is 0.633. The van der Waals surface area contributed by atoms with Crippen molar-refractivity contribution in [3.63, 3.8) is 0 Å². The fraction of sp³-hybridized carbons (Fsp3) is 0.364. The minimum Gasteiger partial charge on any atom is -0.495 e. The molecule has 2 amide bonds. The molecule has 1 fully saturated rings. The average molecular weight is 448 g/mol. The van der Waals surface area contributed by atoms with Gasteiger partial charge in [-0.1, -0.05) is 37.0 Å². The Kier molecular flexibility index (Phi) is 5.43. The molecule has 158 valence electrons. The highest BCUT2D eigenvalue weighted by atomic mass is 35.5. The summed E-state index contributed by atoms with van der Waals surface area (Å²) in [6.07, 6.45) is 0.506. The van der Waals surface area contributed by atoms with Crippen LogP contribution in [0.5, 0.6) is 5.75 Å². The number of hydrogen-bond acceptors (Lipinski definition) is 4. The molecule has 3 N–H and O–H groups in total. The summed E-state index contributed by atoms with van der Waals surface area (Å²) in [7, 11) is 1.52. The summed E-state index contributed by atoms with van der Waals surface area (Å²) < 4.78 is 5.35. The number of nitrogens with one attached hydrogen (secondary N) is 3. The van der Waals surface area contributed by atoms with Crippen molar-refractivity contribution in [3.8, 4) is 5.75 Å². The van der Waals surface area contributed by atoms with Gasteiger partial charge in [-0.3, -0.25) is 14.9 Å². The fourth-order valence-electron chi connectivity index (χ4n) is 4.41. The number of ether oxygens (including phenoxy) is 1. The lowest BCUT2D eigenvalue weighted by Gasteiger charge is -2.30. The van der Waals surface area contributed by atoms with Gasteiger partial charge in [0.05, 0.1) is 18.7 Å². The molecule has 2 aliphatic heterocycles. The van der Waals surface area contributed by atoms with Crippen LogP contribution in [0.25, 0.3) is 0 Å². The standard InChI is InChI=1S/C22H23Cl2N3O3/c1-11(2)17-10-15(20(28)25-18-9-13(24)5-7-19(18)30-3)22(27-17)14-8-12(23)4-6-16(14)26-21(22)29/h4-9,11,15,17,27H,10H2,1-3H3,(H,25,28)(H,26,29)/t15-,17-,22+/m0/s1. The number of methoxy groups -OCH3 is 1. The van der Waals surface area contributed by atoms with Crippen molar-refractivity contribution in [2.45, 2.75) is 31.8 Å². The molecule has 0 saturated carbocycles. The van der Waals surface area contributed by atoms with E-state index in [4.69, 9.17) is 27.9 Å². The number of carbonyl (C=O) groups is 2. The molecule has 2 aromatic carbocycles. The molecule has 8 heteroatoms. The molecule has 6 nitrogen and oxygen atoms in total. The Morgan fingerprint density at radius 2 is 1.90 bits per heavy atom. The van der Waals surface area contributed by atoms with E-state index in [0.717, 1.165) is 0 Å². The van der Waals surface area contributed by atoms with Crippen molar-refractivity contribution in [1.29, 1.82) is 0 Å². The Labute approximate surface area is 185 Å². The molecule has 0 aromatic heterocycles. The molecule has 2 heterocycles. The quantitative estimate of drug-likeness (QED) is 0.647. The molecule has 3 atom stereocenters. The van der Waals surface area contributed by atoms with Crippen LogP contribution in [0.2, 0.25) is 10.0 Å². The summed E-state index contributed by atoms with van der Waals surface area (Å²) in [6.45, 7) is 4.13. The van der Waals surface area contributed by atoms with E-state index in [1.54, 1.807) is 36.4 Å². The van der Waals surface area contributed by atoms with Gasteiger partial charge < -0.3 is 15.4 Å². The van der Waals surface area contributed by atoms with Crippen LogP contribution >= 0.6 is 23.2 Å². The largest absolute Gasteiger partial charge is 0.495 e. The first-order valence-electron chi connectivity index (χ1n) is 9.80. The Balaban J connectivity index is 1.76. The van der Waals surface area contributed by atoms with Gasteiger partial charge in [0, 0.05) is 27.3 Å². The molecule has 2 aliphatic rings. The number of amides is 2. The van der Waals surface area contributed by atoms with Gasteiger partial charge in [-0.15, -0.1) is 0 Å². The van der Waals surface area contributed by atoms with Gasteiger partial charge in [0.15, 0.2) is 0 Å². The molecule has 4 rings (SSSR count). The van der Waals surface area contributed by atoms with Gasteiger partial charge >= 0.3 is 0 Å². The Morgan fingerprint density at radius 1 is 1.20 bits per heavy atom. The van der Waals surface area contributed by atoms with Gasteiger partial charge in [0.1, 0.15) is 11.3 Å². The van der Waals surface area contributed by atoms with Crippen molar-refractivity contribution in [3.05, 3.63) is 52.0 Å². The highest BCUT2D eigenvalue weighted by molar-refractivity contribution is 6.31. The summed E-state index contributed by atoms with van der Waals surface area (Å²) in [5.74, 6) is -0.451. The second-order valence-electron chi connectivity index (χ2n) is 8.07. The molecule has 1 saturated heterocycles. The summed E-state index contributed by atoms with van der Waals surface area (Å²) in [4.78, 5) is 26.7. The molecular weight excluding hydrogens is 425 g/mol.